The van der Waals surface area contributed by atoms with E-state index in [4.69, 9.17) is 10.0 Å². The first kappa shape index (κ1) is 14.4. The van der Waals surface area contributed by atoms with Gasteiger partial charge in [0.2, 0.25) is 11.9 Å². The highest BCUT2D eigenvalue weighted by Gasteiger charge is 2.08. The second-order valence-corrected chi connectivity index (χ2v) is 3.67. The molecule has 1 aromatic rings. The van der Waals surface area contributed by atoms with Crippen LogP contribution in [-0.2, 0) is 0 Å². The van der Waals surface area contributed by atoms with Crippen LogP contribution < -0.4 is 15.5 Å². The normalized spacial score (nSPS) is 10.5. The summed E-state index contributed by atoms with van der Waals surface area (Å²) in [7, 11) is 1.34. The molecule has 8 nitrogen and oxygen atoms in total. The molecule has 0 saturated carbocycles. The Morgan fingerprint density at radius 2 is 1.56 bits per heavy atom. The summed E-state index contributed by atoms with van der Waals surface area (Å²) in [6.07, 6.45) is 1.92. The van der Waals surface area contributed by atoms with Crippen LogP contribution in [0.25, 0.3) is 0 Å². The van der Waals surface area contributed by atoms with E-state index in [1.54, 1.807) is 0 Å². The van der Waals surface area contributed by atoms with Gasteiger partial charge in [-0.2, -0.15) is 15.0 Å². The second kappa shape index (κ2) is 7.62. The van der Waals surface area contributed by atoms with Crippen LogP contribution in [0.1, 0.15) is 26.7 Å². The second-order valence-electron chi connectivity index (χ2n) is 3.67. The lowest BCUT2D eigenvalue weighted by Gasteiger charge is -2.11. The van der Waals surface area contributed by atoms with Crippen LogP contribution in [0.2, 0.25) is 0 Å². The van der Waals surface area contributed by atoms with Crippen molar-refractivity contribution in [3.63, 3.8) is 0 Å². The highest BCUT2D eigenvalue weighted by molar-refractivity contribution is 5.35. The first-order valence-electron chi connectivity index (χ1n) is 6.00. The largest absolute Gasteiger partial charge is 0.354 e. The van der Waals surface area contributed by atoms with Gasteiger partial charge < -0.3 is 15.5 Å². The molecule has 0 radical (unpaired) electrons. The topological polar surface area (TPSA) is 95.4 Å². The van der Waals surface area contributed by atoms with Crippen LogP contribution in [0.3, 0.4) is 0 Å². The van der Waals surface area contributed by atoms with Gasteiger partial charge in [-0.25, -0.2) is 0 Å². The highest BCUT2D eigenvalue weighted by Crippen LogP contribution is 2.11. The van der Waals surface area contributed by atoms with Crippen molar-refractivity contribution in [2.45, 2.75) is 26.7 Å². The van der Waals surface area contributed by atoms with E-state index in [-0.39, 0.29) is 6.01 Å². The molecule has 1 rings (SSSR count). The molecule has 3 N–H and O–H groups in total. The molecule has 0 aliphatic rings. The van der Waals surface area contributed by atoms with Crippen molar-refractivity contribution in [2.75, 3.05) is 30.8 Å². The lowest BCUT2D eigenvalue weighted by atomic mass is 10.5. The van der Waals surface area contributed by atoms with Gasteiger partial charge in [0.25, 0.3) is 0 Å². The van der Waals surface area contributed by atoms with Crippen LogP contribution in [0.5, 0.6) is 6.01 Å². The monoisotopic (exact) mass is 256 g/mol. The summed E-state index contributed by atoms with van der Waals surface area (Å²) in [5, 5.41) is 15.6. The molecule has 0 aliphatic heterocycles. The predicted molar refractivity (Wildman–Crippen MR) is 67.6 cm³/mol. The number of rotatable bonds is 8. The van der Waals surface area contributed by atoms with E-state index in [0.29, 0.717) is 17.1 Å². The Kier molecular flexibility index (Phi) is 6.09. The average Bonchev–Trinajstić information content (AvgIpc) is 2.33. The smallest absolute Gasteiger partial charge is 0.345 e. The number of hydrogen-bond acceptors (Lipinski definition) is 8. The van der Waals surface area contributed by atoms with Crippen LogP contribution in [0, 0.1) is 0 Å². The summed E-state index contributed by atoms with van der Waals surface area (Å²) in [4.78, 5) is 17.1. The zero-order valence-electron chi connectivity index (χ0n) is 11.0. The van der Waals surface area contributed by atoms with Gasteiger partial charge in [0.1, 0.15) is 0 Å². The SMILES string of the molecule is CCCNc1nc(NCCC)nc(ON(C)O)n1. The molecule has 18 heavy (non-hydrogen) atoms. The van der Waals surface area contributed by atoms with E-state index in [1.807, 2.05) is 13.8 Å². The number of hydrogen-bond donors (Lipinski definition) is 3. The third kappa shape index (κ3) is 5.11. The maximum Gasteiger partial charge on any atom is 0.345 e. The van der Waals surface area contributed by atoms with Gasteiger partial charge in [-0.3, -0.25) is 5.21 Å². The van der Waals surface area contributed by atoms with E-state index < -0.39 is 0 Å². The molecule has 1 heterocycles. The molecule has 0 atom stereocenters. The van der Waals surface area contributed by atoms with Crippen LogP contribution >= 0.6 is 0 Å². The Balaban J connectivity index is 2.81. The molecule has 0 unspecified atom stereocenters. The average molecular weight is 256 g/mol. The van der Waals surface area contributed by atoms with E-state index in [9.17, 15) is 0 Å². The minimum absolute atomic E-state index is 0.0345. The molecule has 0 amide bonds. The molecule has 0 bridgehead atoms. The summed E-state index contributed by atoms with van der Waals surface area (Å²) in [5.41, 5.74) is 0. The van der Waals surface area contributed by atoms with Gasteiger partial charge in [0.15, 0.2) is 0 Å². The van der Waals surface area contributed by atoms with Crippen molar-refractivity contribution in [3.8, 4) is 6.01 Å². The van der Waals surface area contributed by atoms with Crippen molar-refractivity contribution in [3.05, 3.63) is 0 Å². The third-order valence-corrected chi connectivity index (χ3v) is 1.89. The Bertz CT molecular complexity index is 334. The first-order valence-corrected chi connectivity index (χ1v) is 6.00. The van der Waals surface area contributed by atoms with E-state index in [1.165, 1.54) is 7.05 Å². The fraction of sp³-hybridized carbons (Fsp3) is 0.700. The molecule has 0 spiro atoms. The van der Waals surface area contributed by atoms with Crippen LogP contribution in [-0.4, -0.2) is 45.5 Å². The molecule has 1 aromatic heterocycles. The minimum Gasteiger partial charge on any atom is -0.354 e. The van der Waals surface area contributed by atoms with E-state index in [2.05, 4.69) is 25.6 Å². The quantitative estimate of drug-likeness (QED) is 0.596. The van der Waals surface area contributed by atoms with Gasteiger partial charge in [0, 0.05) is 13.1 Å². The van der Waals surface area contributed by atoms with Crippen LogP contribution in [0.15, 0.2) is 0 Å². The summed E-state index contributed by atoms with van der Waals surface area (Å²) in [5.74, 6) is 0.838. The van der Waals surface area contributed by atoms with Crippen molar-refractivity contribution in [1.29, 1.82) is 0 Å². The van der Waals surface area contributed by atoms with Gasteiger partial charge >= 0.3 is 6.01 Å². The zero-order chi connectivity index (χ0) is 13.4. The molecule has 0 aliphatic carbocycles. The molecular formula is C10H20N6O2. The van der Waals surface area contributed by atoms with Gasteiger partial charge in [-0.15, -0.1) is 0 Å². The number of nitrogens with zero attached hydrogens (tertiary/aromatic N) is 4. The Morgan fingerprint density at radius 1 is 1.06 bits per heavy atom. The minimum atomic E-state index is 0.0345. The molecule has 8 heteroatoms. The Morgan fingerprint density at radius 3 is 1.94 bits per heavy atom. The Hall–Kier alpha value is -1.67. The van der Waals surface area contributed by atoms with Crippen molar-refractivity contribution in [2.24, 2.45) is 0 Å². The lowest BCUT2D eigenvalue weighted by molar-refractivity contribution is -0.266. The molecule has 102 valence electrons. The van der Waals surface area contributed by atoms with Gasteiger partial charge in [0.05, 0.1) is 7.05 Å². The fourth-order valence-electron chi connectivity index (χ4n) is 1.15. The lowest BCUT2D eigenvalue weighted by Crippen LogP contribution is -2.20. The third-order valence-electron chi connectivity index (χ3n) is 1.89. The maximum absolute atomic E-state index is 9.01. The number of anilines is 2. The van der Waals surface area contributed by atoms with Crippen molar-refractivity contribution >= 4 is 11.9 Å². The first-order chi connectivity index (χ1) is 8.65. The fourth-order valence-corrected chi connectivity index (χ4v) is 1.15. The summed E-state index contributed by atoms with van der Waals surface area (Å²) in [6.45, 7) is 5.60. The summed E-state index contributed by atoms with van der Waals surface area (Å²) in [6, 6.07) is 0.0345. The van der Waals surface area contributed by atoms with Gasteiger partial charge in [-0.05, 0) is 18.1 Å². The molecule has 0 saturated heterocycles. The molecule has 0 fully saturated rings. The zero-order valence-corrected chi connectivity index (χ0v) is 11.0. The standard InChI is InChI=1S/C10H20N6O2/c1-4-6-11-8-13-9(12-7-5-2)15-10(14-8)18-16(3)17/h17H,4-7H2,1-3H3,(H2,11,12,13,14,15). The van der Waals surface area contributed by atoms with Crippen molar-refractivity contribution in [1.82, 2.24) is 20.2 Å². The molecular weight excluding hydrogens is 236 g/mol. The van der Waals surface area contributed by atoms with Gasteiger partial charge in [-0.1, -0.05) is 13.8 Å². The highest BCUT2D eigenvalue weighted by atomic mass is 16.9. The van der Waals surface area contributed by atoms with Crippen molar-refractivity contribution < 1.29 is 10.0 Å². The number of nitrogens with one attached hydrogen (secondary N) is 2. The van der Waals surface area contributed by atoms with E-state index in [0.717, 1.165) is 25.9 Å². The van der Waals surface area contributed by atoms with Crippen LogP contribution in [0.4, 0.5) is 11.9 Å². The number of aromatic nitrogens is 3. The summed E-state index contributed by atoms with van der Waals surface area (Å²) >= 11 is 0. The van der Waals surface area contributed by atoms with E-state index >= 15 is 0 Å². The summed E-state index contributed by atoms with van der Waals surface area (Å²) < 4.78 is 0. The maximum atomic E-state index is 9.01. The molecule has 0 aromatic carbocycles. The Labute approximate surface area is 106 Å². The predicted octanol–water partition coefficient (Wildman–Crippen LogP) is 1.13. The number of hydroxylamine groups is 2.